The van der Waals surface area contributed by atoms with Crippen LogP contribution in [0.15, 0.2) is 64.2 Å². The molecule has 2 aromatic carbocycles. The topological polar surface area (TPSA) is 121 Å². The molecule has 0 unspecified atom stereocenters. The lowest BCUT2D eigenvalue weighted by molar-refractivity contribution is -0.114. The van der Waals surface area contributed by atoms with Crippen LogP contribution in [0, 0.1) is 5.41 Å². The van der Waals surface area contributed by atoms with Gasteiger partial charge in [0.15, 0.2) is 5.84 Å². The fourth-order valence-corrected chi connectivity index (χ4v) is 4.73. The van der Waals surface area contributed by atoms with Gasteiger partial charge < -0.3 is 9.47 Å². The largest absolute Gasteiger partial charge is 0.493 e. The number of amides is 1. The highest BCUT2D eigenvalue weighted by Crippen LogP contribution is 2.30. The molecule has 1 amide bonds. The monoisotopic (exact) mass is 518 g/mol. The molecule has 2 heterocycles. The average Bonchev–Trinajstić information content (AvgIpc) is 3.23. The lowest BCUT2D eigenvalue weighted by Gasteiger charge is -2.20. The molecule has 12 heteroatoms. The van der Waals surface area contributed by atoms with Crippen molar-refractivity contribution in [1.29, 1.82) is 5.41 Å². The molecule has 34 heavy (non-hydrogen) atoms. The van der Waals surface area contributed by atoms with Gasteiger partial charge in [0.1, 0.15) is 11.5 Å². The average molecular weight is 519 g/mol. The minimum atomic E-state index is -3.57. The highest BCUT2D eigenvalue weighted by atomic mass is 35.5. The van der Waals surface area contributed by atoms with E-state index in [1.54, 1.807) is 48.5 Å². The Kier molecular flexibility index (Phi) is 7.05. The van der Waals surface area contributed by atoms with Crippen molar-refractivity contribution < 1.29 is 22.7 Å². The molecule has 0 bridgehead atoms. The van der Waals surface area contributed by atoms with E-state index < -0.39 is 15.7 Å². The van der Waals surface area contributed by atoms with Gasteiger partial charge in [-0.1, -0.05) is 23.7 Å². The third-order valence-electron chi connectivity index (χ3n) is 4.58. The second-order valence-electron chi connectivity index (χ2n) is 7.23. The summed E-state index contributed by atoms with van der Waals surface area (Å²) in [5.74, 6) is 0.529. The van der Waals surface area contributed by atoms with Gasteiger partial charge in [0.2, 0.25) is 19.4 Å². The van der Waals surface area contributed by atoms with Gasteiger partial charge in [-0.3, -0.25) is 10.2 Å². The zero-order valence-electron chi connectivity index (χ0n) is 17.9. The van der Waals surface area contributed by atoms with Gasteiger partial charge in [0.25, 0.3) is 5.91 Å². The fourth-order valence-electron chi connectivity index (χ4n) is 2.92. The van der Waals surface area contributed by atoms with Crippen molar-refractivity contribution in [1.82, 2.24) is 5.01 Å². The van der Waals surface area contributed by atoms with Gasteiger partial charge in [-0.2, -0.15) is 10.0 Å². The normalized spacial score (nSPS) is 16.9. The van der Waals surface area contributed by atoms with Crippen molar-refractivity contribution in [3.8, 4) is 11.5 Å². The van der Waals surface area contributed by atoms with Crippen LogP contribution in [0.25, 0.3) is 6.08 Å². The summed E-state index contributed by atoms with van der Waals surface area (Å²) in [7, 11) is -3.57. The predicted molar refractivity (Wildman–Crippen MR) is 133 cm³/mol. The van der Waals surface area contributed by atoms with E-state index in [2.05, 4.69) is 10.1 Å². The van der Waals surface area contributed by atoms with Crippen LogP contribution in [0.5, 0.6) is 11.5 Å². The van der Waals surface area contributed by atoms with E-state index in [1.165, 1.54) is 6.08 Å². The Balaban J connectivity index is 1.33. The van der Waals surface area contributed by atoms with E-state index in [1.807, 2.05) is 0 Å². The summed E-state index contributed by atoms with van der Waals surface area (Å²) in [4.78, 5) is 16.3. The molecule has 0 spiro atoms. The molecular formula is C22H19ClN4O5S2. The third kappa shape index (κ3) is 5.66. The molecule has 0 saturated carbocycles. The van der Waals surface area contributed by atoms with Gasteiger partial charge in [0, 0.05) is 17.7 Å². The Bertz CT molecular complexity index is 1320. The van der Waals surface area contributed by atoms with E-state index in [-0.39, 0.29) is 21.0 Å². The number of fused-ring (bicyclic) bond motifs is 1. The lowest BCUT2D eigenvalue weighted by atomic mass is 10.1. The molecular weight excluding hydrogens is 500 g/mol. The molecule has 2 aliphatic heterocycles. The predicted octanol–water partition coefficient (Wildman–Crippen LogP) is 3.81. The molecule has 0 saturated heterocycles. The molecule has 2 aromatic rings. The van der Waals surface area contributed by atoms with E-state index in [4.69, 9.17) is 26.5 Å². The molecule has 0 fully saturated rings. The van der Waals surface area contributed by atoms with E-state index in [0.717, 1.165) is 28.8 Å². The van der Waals surface area contributed by atoms with Gasteiger partial charge in [0.05, 0.1) is 18.8 Å². The number of aliphatic imine (C=N–C) groups is 1. The number of halogens is 1. The molecule has 9 nitrogen and oxygen atoms in total. The van der Waals surface area contributed by atoms with Crippen molar-refractivity contribution in [2.24, 2.45) is 10.1 Å². The van der Waals surface area contributed by atoms with E-state index in [9.17, 15) is 13.2 Å². The maximum absolute atomic E-state index is 12.4. The van der Waals surface area contributed by atoms with Crippen molar-refractivity contribution >= 4 is 60.6 Å². The Labute approximate surface area is 205 Å². The molecule has 1 N–H and O–H groups in total. The number of rotatable bonds is 7. The van der Waals surface area contributed by atoms with Crippen LogP contribution in [-0.4, -0.2) is 54.2 Å². The standard InChI is InChI=1S/C22H19ClN4O5S2/c1-34(29,30)22-26-27-19(24)18(20(28)25-21(27)33-22)13-14-3-7-16(8-4-14)31-11-2-12-32-17-9-5-15(23)6-10-17/h3-10,13,24H,2,11-12H2,1H3/b18-13-,24-19?. The molecule has 176 valence electrons. The SMILES string of the molecule is CS(=O)(=O)C1=NN2C(=N)/C(=C/c3ccc(OCCCOc4ccc(Cl)cc4)cc3)C(=O)N=C2S1. The second kappa shape index (κ2) is 10.00. The first-order valence-corrected chi connectivity index (χ1v) is 13.1. The first-order valence-electron chi connectivity index (χ1n) is 10.0. The van der Waals surface area contributed by atoms with Crippen molar-refractivity contribution in [2.45, 2.75) is 6.42 Å². The molecule has 0 atom stereocenters. The maximum Gasteiger partial charge on any atom is 0.283 e. The van der Waals surface area contributed by atoms with Crippen LogP contribution in [0.4, 0.5) is 0 Å². The minimum Gasteiger partial charge on any atom is -0.493 e. The van der Waals surface area contributed by atoms with Crippen LogP contribution in [0.3, 0.4) is 0 Å². The van der Waals surface area contributed by atoms with Crippen LogP contribution in [-0.2, 0) is 14.6 Å². The Morgan fingerprint density at radius 1 is 1.06 bits per heavy atom. The third-order valence-corrected chi connectivity index (χ3v) is 7.41. The number of hydrazone groups is 1. The first kappa shape index (κ1) is 24.0. The van der Waals surface area contributed by atoms with Gasteiger partial charge >= 0.3 is 0 Å². The number of hydrogen-bond acceptors (Lipinski definition) is 8. The van der Waals surface area contributed by atoms with E-state index >= 15 is 0 Å². The number of carbonyl (C=O) groups excluding carboxylic acids is 1. The number of nitrogens with one attached hydrogen (secondary N) is 1. The number of nitrogens with zero attached hydrogens (tertiary/aromatic N) is 3. The Morgan fingerprint density at radius 3 is 2.24 bits per heavy atom. The summed E-state index contributed by atoms with van der Waals surface area (Å²) in [6.45, 7) is 0.957. The van der Waals surface area contributed by atoms with Crippen LogP contribution >= 0.6 is 23.4 Å². The maximum atomic E-state index is 12.4. The molecule has 0 aliphatic carbocycles. The van der Waals surface area contributed by atoms with Crippen molar-refractivity contribution in [3.05, 3.63) is 64.7 Å². The van der Waals surface area contributed by atoms with Crippen LogP contribution in [0.1, 0.15) is 12.0 Å². The van der Waals surface area contributed by atoms with Gasteiger partial charge in [-0.25, -0.2) is 8.42 Å². The number of hydrogen-bond donors (Lipinski definition) is 1. The highest BCUT2D eigenvalue weighted by molar-refractivity contribution is 8.42. The second-order valence-corrected chi connectivity index (χ2v) is 10.8. The van der Waals surface area contributed by atoms with E-state index in [0.29, 0.717) is 36.0 Å². The summed E-state index contributed by atoms with van der Waals surface area (Å²) in [5, 5.41) is 14.0. The summed E-state index contributed by atoms with van der Waals surface area (Å²) < 4.78 is 34.6. The first-order chi connectivity index (χ1) is 16.2. The quantitative estimate of drug-likeness (QED) is 0.437. The number of amidine groups is 2. The number of thioether (sulfide) groups is 1. The smallest absolute Gasteiger partial charge is 0.283 e. The number of ether oxygens (including phenoxy) is 2. The van der Waals surface area contributed by atoms with Crippen LogP contribution < -0.4 is 9.47 Å². The minimum absolute atomic E-state index is 0.0101. The van der Waals surface area contributed by atoms with Crippen molar-refractivity contribution in [3.63, 3.8) is 0 Å². The zero-order valence-corrected chi connectivity index (χ0v) is 20.3. The van der Waals surface area contributed by atoms with Gasteiger partial charge in [-0.15, -0.1) is 5.10 Å². The molecule has 0 radical (unpaired) electrons. The zero-order chi connectivity index (χ0) is 24.3. The molecule has 0 aromatic heterocycles. The highest BCUT2D eigenvalue weighted by Gasteiger charge is 2.38. The van der Waals surface area contributed by atoms with Crippen LogP contribution in [0.2, 0.25) is 5.02 Å². The Morgan fingerprint density at radius 2 is 1.65 bits per heavy atom. The number of sulfone groups is 1. The number of carbonyl (C=O) groups is 1. The number of benzene rings is 2. The fraction of sp³-hybridized carbons (Fsp3) is 0.182. The summed E-state index contributed by atoms with van der Waals surface area (Å²) in [6, 6.07) is 14.1. The molecule has 2 aliphatic rings. The Hall–Kier alpha value is -3.15. The molecule has 4 rings (SSSR count). The lowest BCUT2D eigenvalue weighted by Crippen LogP contribution is -2.35. The van der Waals surface area contributed by atoms with Crippen molar-refractivity contribution in [2.75, 3.05) is 19.5 Å². The summed E-state index contributed by atoms with van der Waals surface area (Å²) >= 11 is 6.59. The van der Waals surface area contributed by atoms with Gasteiger partial charge in [-0.05, 0) is 59.8 Å². The summed E-state index contributed by atoms with van der Waals surface area (Å²) in [6.07, 6.45) is 3.20. The summed E-state index contributed by atoms with van der Waals surface area (Å²) in [5.41, 5.74) is 0.667.